The van der Waals surface area contributed by atoms with Crippen LogP contribution in [0.1, 0.15) is 24.2 Å². The smallest absolute Gasteiger partial charge is 0.251 e. The minimum Gasteiger partial charge on any atom is -0.350 e. The van der Waals surface area contributed by atoms with Crippen LogP contribution in [0.5, 0.6) is 0 Å². The van der Waals surface area contributed by atoms with E-state index in [4.69, 9.17) is 4.98 Å². The zero-order chi connectivity index (χ0) is 20.2. The van der Waals surface area contributed by atoms with Crippen LogP contribution >= 0.6 is 0 Å². The van der Waals surface area contributed by atoms with Crippen molar-refractivity contribution in [3.8, 4) is 11.3 Å². The fourth-order valence-electron chi connectivity index (χ4n) is 2.99. The number of aromatic nitrogens is 3. The highest BCUT2D eigenvalue weighted by Gasteiger charge is 2.10. The van der Waals surface area contributed by atoms with E-state index in [1.165, 1.54) is 6.33 Å². The van der Waals surface area contributed by atoms with Gasteiger partial charge < -0.3 is 10.6 Å². The Morgan fingerprint density at radius 2 is 1.66 bits per heavy atom. The first-order valence-electron chi connectivity index (χ1n) is 9.45. The monoisotopic (exact) mass is 383 g/mol. The van der Waals surface area contributed by atoms with Gasteiger partial charge in [0.15, 0.2) is 5.82 Å². The molecule has 6 heteroatoms. The van der Waals surface area contributed by atoms with Crippen LogP contribution < -0.4 is 10.6 Å². The molecule has 2 N–H and O–H groups in total. The van der Waals surface area contributed by atoms with Crippen LogP contribution in [0.25, 0.3) is 22.3 Å². The number of hydrogen-bond acceptors (Lipinski definition) is 5. The summed E-state index contributed by atoms with van der Waals surface area (Å²) in [7, 11) is 0. The third kappa shape index (κ3) is 4.21. The molecule has 0 aliphatic heterocycles. The van der Waals surface area contributed by atoms with Crippen molar-refractivity contribution in [2.75, 3.05) is 5.32 Å². The molecular weight excluding hydrogens is 362 g/mol. The van der Waals surface area contributed by atoms with Gasteiger partial charge in [-0.2, -0.15) is 0 Å². The summed E-state index contributed by atoms with van der Waals surface area (Å²) < 4.78 is 0. The number of amides is 1. The lowest BCUT2D eigenvalue weighted by Gasteiger charge is -2.10. The number of para-hydroxylation sites is 1. The highest BCUT2D eigenvalue weighted by molar-refractivity contribution is 5.95. The lowest BCUT2D eigenvalue weighted by molar-refractivity contribution is 0.0943. The van der Waals surface area contributed by atoms with Crippen LogP contribution in [-0.4, -0.2) is 26.9 Å². The summed E-state index contributed by atoms with van der Waals surface area (Å²) in [6, 6.07) is 21.2. The van der Waals surface area contributed by atoms with Crippen molar-refractivity contribution in [2.24, 2.45) is 0 Å². The van der Waals surface area contributed by atoms with E-state index in [0.717, 1.165) is 22.5 Å². The zero-order valence-electron chi connectivity index (χ0n) is 16.3. The van der Waals surface area contributed by atoms with Crippen molar-refractivity contribution < 1.29 is 4.79 Å². The van der Waals surface area contributed by atoms with Crippen LogP contribution in [0, 0.1) is 0 Å². The molecule has 0 atom stereocenters. The van der Waals surface area contributed by atoms with Gasteiger partial charge in [-0.3, -0.25) is 4.79 Å². The molecule has 1 amide bonds. The van der Waals surface area contributed by atoms with Crippen molar-refractivity contribution in [3.63, 3.8) is 0 Å². The Labute approximate surface area is 169 Å². The van der Waals surface area contributed by atoms with E-state index < -0.39 is 0 Å². The summed E-state index contributed by atoms with van der Waals surface area (Å²) >= 11 is 0. The number of rotatable bonds is 5. The molecule has 0 aliphatic carbocycles. The Morgan fingerprint density at radius 1 is 0.897 bits per heavy atom. The van der Waals surface area contributed by atoms with Crippen LogP contribution in [0.2, 0.25) is 0 Å². The minimum atomic E-state index is -0.0826. The summed E-state index contributed by atoms with van der Waals surface area (Å²) in [5.74, 6) is 0.566. The van der Waals surface area contributed by atoms with Gasteiger partial charge in [0.25, 0.3) is 5.91 Å². The summed E-state index contributed by atoms with van der Waals surface area (Å²) in [5.41, 5.74) is 4.71. The van der Waals surface area contributed by atoms with Crippen LogP contribution in [-0.2, 0) is 0 Å². The van der Waals surface area contributed by atoms with Crippen molar-refractivity contribution in [2.45, 2.75) is 19.9 Å². The van der Waals surface area contributed by atoms with Gasteiger partial charge in [-0.05, 0) is 50.2 Å². The molecule has 0 unspecified atom stereocenters. The third-order valence-corrected chi connectivity index (χ3v) is 4.38. The summed E-state index contributed by atoms with van der Waals surface area (Å²) in [5, 5.41) is 6.19. The molecule has 144 valence electrons. The second-order valence-electron chi connectivity index (χ2n) is 6.98. The normalized spacial score (nSPS) is 10.9. The molecule has 0 bridgehead atoms. The fraction of sp³-hybridized carbons (Fsp3) is 0.130. The van der Waals surface area contributed by atoms with E-state index in [9.17, 15) is 4.79 Å². The lowest BCUT2D eigenvalue weighted by Crippen LogP contribution is -2.29. The van der Waals surface area contributed by atoms with Crippen molar-refractivity contribution in [1.29, 1.82) is 0 Å². The lowest BCUT2D eigenvalue weighted by atomic mass is 10.1. The van der Waals surface area contributed by atoms with Gasteiger partial charge in [-0.1, -0.05) is 30.3 Å². The minimum absolute atomic E-state index is 0.0826. The maximum atomic E-state index is 12.1. The predicted molar refractivity (Wildman–Crippen MR) is 115 cm³/mol. The summed E-state index contributed by atoms with van der Waals surface area (Å²) in [4.78, 5) is 25.6. The van der Waals surface area contributed by atoms with E-state index >= 15 is 0 Å². The zero-order valence-corrected chi connectivity index (χ0v) is 16.3. The first-order valence-corrected chi connectivity index (χ1v) is 9.45. The van der Waals surface area contributed by atoms with Gasteiger partial charge in [-0.25, -0.2) is 15.0 Å². The van der Waals surface area contributed by atoms with Crippen molar-refractivity contribution >= 4 is 28.4 Å². The molecule has 2 aromatic carbocycles. The second kappa shape index (κ2) is 8.06. The molecule has 0 saturated carbocycles. The molecule has 2 heterocycles. The second-order valence-corrected chi connectivity index (χ2v) is 6.98. The average Bonchev–Trinajstić information content (AvgIpc) is 2.74. The summed E-state index contributed by atoms with van der Waals surface area (Å²) in [6.07, 6.45) is 1.52. The maximum absolute atomic E-state index is 12.1. The number of carbonyl (C=O) groups is 1. The highest BCUT2D eigenvalue weighted by Crippen LogP contribution is 2.25. The number of benzene rings is 2. The number of hydrogen-bond donors (Lipinski definition) is 2. The molecule has 4 rings (SSSR count). The number of carbonyl (C=O) groups excluding carboxylic acids is 1. The highest BCUT2D eigenvalue weighted by atomic mass is 16.1. The predicted octanol–water partition coefficient (Wildman–Crippen LogP) is 4.57. The van der Waals surface area contributed by atoms with E-state index in [2.05, 4.69) is 20.6 Å². The van der Waals surface area contributed by atoms with E-state index in [1.807, 2.05) is 80.6 Å². The number of pyridine rings is 1. The molecule has 0 saturated heterocycles. The van der Waals surface area contributed by atoms with Crippen LogP contribution in [0.3, 0.4) is 0 Å². The number of anilines is 2. The van der Waals surface area contributed by atoms with Gasteiger partial charge in [0.05, 0.1) is 11.2 Å². The Hall–Kier alpha value is -3.80. The van der Waals surface area contributed by atoms with E-state index in [-0.39, 0.29) is 11.9 Å². The van der Waals surface area contributed by atoms with Gasteiger partial charge in [-0.15, -0.1) is 0 Å². The Bertz CT molecular complexity index is 1140. The van der Waals surface area contributed by atoms with Gasteiger partial charge in [0.1, 0.15) is 11.8 Å². The first-order chi connectivity index (χ1) is 14.1. The van der Waals surface area contributed by atoms with E-state index in [1.54, 1.807) is 0 Å². The van der Waals surface area contributed by atoms with Crippen molar-refractivity contribution in [3.05, 3.63) is 78.6 Å². The van der Waals surface area contributed by atoms with Crippen molar-refractivity contribution in [1.82, 2.24) is 20.3 Å². The maximum Gasteiger partial charge on any atom is 0.251 e. The Kier molecular flexibility index (Phi) is 5.16. The molecule has 0 fully saturated rings. The molecule has 0 aliphatic rings. The topological polar surface area (TPSA) is 79.8 Å². The molecule has 29 heavy (non-hydrogen) atoms. The largest absolute Gasteiger partial charge is 0.350 e. The Morgan fingerprint density at radius 3 is 2.38 bits per heavy atom. The van der Waals surface area contributed by atoms with Gasteiger partial charge in [0, 0.05) is 22.9 Å². The fourth-order valence-corrected chi connectivity index (χ4v) is 2.99. The van der Waals surface area contributed by atoms with Crippen LogP contribution in [0.15, 0.2) is 73.1 Å². The number of fused-ring (bicyclic) bond motifs is 1. The molecule has 6 nitrogen and oxygen atoms in total. The summed E-state index contributed by atoms with van der Waals surface area (Å²) in [6.45, 7) is 3.88. The van der Waals surface area contributed by atoms with E-state index in [0.29, 0.717) is 16.9 Å². The molecular formula is C23H21N5O. The molecule has 0 spiro atoms. The number of nitrogens with zero attached hydrogens (tertiary/aromatic N) is 3. The molecule has 0 radical (unpaired) electrons. The van der Waals surface area contributed by atoms with Gasteiger partial charge >= 0.3 is 0 Å². The number of nitrogens with one attached hydrogen (secondary N) is 2. The van der Waals surface area contributed by atoms with Gasteiger partial charge in [0.2, 0.25) is 0 Å². The molecule has 2 aromatic heterocycles. The Balaban J connectivity index is 1.66. The third-order valence-electron chi connectivity index (χ3n) is 4.38. The SMILES string of the molecule is CC(C)NC(=O)c1ccc(-c2ccc3ncnc(Nc4ccccc4)c3n2)cc1. The van der Waals surface area contributed by atoms with Crippen LogP contribution in [0.4, 0.5) is 11.5 Å². The first kappa shape index (κ1) is 18.6. The molecule has 4 aromatic rings. The average molecular weight is 383 g/mol. The standard InChI is InChI=1S/C23H21N5O/c1-15(2)26-23(29)17-10-8-16(9-11-17)19-12-13-20-21(28-19)22(25-14-24-20)27-18-6-4-3-5-7-18/h3-15H,1-2H3,(H,26,29)(H,24,25,27). The quantitative estimate of drug-likeness (QED) is 0.528.